The van der Waals surface area contributed by atoms with Crippen LogP contribution in [0.1, 0.15) is 18.1 Å². The van der Waals surface area contributed by atoms with Crippen LogP contribution in [0.25, 0.3) is 0 Å². The van der Waals surface area contributed by atoms with Gasteiger partial charge in [-0.2, -0.15) is 5.10 Å². The smallest absolute Gasteiger partial charge is 0.191 e. The van der Waals surface area contributed by atoms with Gasteiger partial charge in [0.1, 0.15) is 12.4 Å². The minimum atomic E-state index is 0.282. The summed E-state index contributed by atoms with van der Waals surface area (Å²) in [5, 5.41) is 11.0. The largest absolute Gasteiger partial charge is 0.377 e. The molecule has 0 aliphatic carbocycles. The van der Waals surface area contributed by atoms with E-state index in [0.29, 0.717) is 13.2 Å². The SMILES string of the molecule is C=C(Br)CNC(=NC)NC1CCc2nc(COC)nn2C1. The predicted molar refractivity (Wildman–Crippen MR) is 85.4 cm³/mol. The molecule has 0 saturated carbocycles. The number of hydrogen-bond donors (Lipinski definition) is 2. The lowest BCUT2D eigenvalue weighted by atomic mass is 10.1. The van der Waals surface area contributed by atoms with Gasteiger partial charge in [0, 0.05) is 37.6 Å². The van der Waals surface area contributed by atoms with E-state index in [2.05, 4.69) is 48.2 Å². The highest BCUT2D eigenvalue weighted by Crippen LogP contribution is 2.13. The first-order valence-corrected chi connectivity index (χ1v) is 7.63. The summed E-state index contributed by atoms with van der Waals surface area (Å²) in [5.41, 5.74) is 0. The lowest BCUT2D eigenvalue weighted by molar-refractivity contribution is 0.177. The first kappa shape index (κ1) is 16.0. The molecule has 0 fully saturated rings. The molecule has 2 N–H and O–H groups in total. The molecule has 8 heteroatoms. The monoisotopic (exact) mass is 356 g/mol. The van der Waals surface area contributed by atoms with Gasteiger partial charge in [0.25, 0.3) is 0 Å². The number of aromatic nitrogens is 3. The number of methoxy groups -OCH3 is 1. The van der Waals surface area contributed by atoms with E-state index in [-0.39, 0.29) is 6.04 Å². The van der Waals surface area contributed by atoms with Gasteiger partial charge in [-0.05, 0) is 6.42 Å². The Balaban J connectivity index is 1.92. The second-order valence-corrected chi connectivity index (χ2v) is 6.00. The molecule has 0 bridgehead atoms. The maximum Gasteiger partial charge on any atom is 0.191 e. The van der Waals surface area contributed by atoms with Gasteiger partial charge in [0.2, 0.25) is 0 Å². The predicted octanol–water partition coefficient (Wildman–Crippen LogP) is 0.813. The number of aryl methyl sites for hydroxylation is 1. The number of halogens is 1. The van der Waals surface area contributed by atoms with Crippen LogP contribution in [0.15, 0.2) is 16.1 Å². The molecule has 2 rings (SSSR count). The van der Waals surface area contributed by atoms with Crippen LogP contribution in [0.2, 0.25) is 0 Å². The number of guanidine groups is 1. The normalized spacial score (nSPS) is 18.2. The highest BCUT2D eigenvalue weighted by molar-refractivity contribution is 9.11. The minimum absolute atomic E-state index is 0.282. The highest BCUT2D eigenvalue weighted by atomic mass is 79.9. The first-order chi connectivity index (χ1) is 10.1. The van der Waals surface area contributed by atoms with Crippen molar-refractivity contribution in [2.24, 2.45) is 4.99 Å². The van der Waals surface area contributed by atoms with E-state index in [9.17, 15) is 0 Å². The van der Waals surface area contributed by atoms with Crippen LogP contribution < -0.4 is 10.6 Å². The van der Waals surface area contributed by atoms with E-state index in [1.807, 2.05) is 4.68 Å². The van der Waals surface area contributed by atoms with Crippen LogP contribution in [0, 0.1) is 0 Å². The zero-order valence-corrected chi connectivity index (χ0v) is 14.0. The first-order valence-electron chi connectivity index (χ1n) is 6.84. The maximum absolute atomic E-state index is 5.07. The topological polar surface area (TPSA) is 76.4 Å². The van der Waals surface area contributed by atoms with Crippen molar-refractivity contribution in [2.75, 3.05) is 20.7 Å². The molecule has 21 heavy (non-hydrogen) atoms. The summed E-state index contributed by atoms with van der Waals surface area (Å²) in [6.07, 6.45) is 1.90. The van der Waals surface area contributed by atoms with E-state index in [4.69, 9.17) is 4.74 Å². The summed E-state index contributed by atoms with van der Waals surface area (Å²) >= 11 is 3.32. The molecule has 1 atom stereocenters. The fourth-order valence-electron chi connectivity index (χ4n) is 2.24. The third kappa shape index (κ3) is 4.53. The molecule has 0 amide bonds. The molecule has 2 heterocycles. The zero-order chi connectivity index (χ0) is 15.2. The van der Waals surface area contributed by atoms with Gasteiger partial charge >= 0.3 is 0 Å². The van der Waals surface area contributed by atoms with Crippen molar-refractivity contribution < 1.29 is 4.74 Å². The Morgan fingerprint density at radius 3 is 3.10 bits per heavy atom. The van der Waals surface area contributed by atoms with Gasteiger partial charge in [-0.25, -0.2) is 9.67 Å². The van der Waals surface area contributed by atoms with Crippen LogP contribution in [-0.4, -0.2) is 47.5 Å². The minimum Gasteiger partial charge on any atom is -0.377 e. The lowest BCUT2D eigenvalue weighted by Crippen LogP contribution is -2.47. The van der Waals surface area contributed by atoms with Crippen molar-refractivity contribution in [3.8, 4) is 0 Å². The number of ether oxygens (including phenoxy) is 1. The fraction of sp³-hybridized carbons (Fsp3) is 0.615. The number of nitrogens with one attached hydrogen (secondary N) is 2. The molecule has 1 unspecified atom stereocenters. The van der Waals surface area contributed by atoms with Gasteiger partial charge in [-0.15, -0.1) is 0 Å². The van der Waals surface area contributed by atoms with Gasteiger partial charge in [0.15, 0.2) is 11.8 Å². The highest BCUT2D eigenvalue weighted by Gasteiger charge is 2.22. The van der Waals surface area contributed by atoms with Crippen molar-refractivity contribution in [3.05, 3.63) is 22.7 Å². The van der Waals surface area contributed by atoms with Crippen LogP contribution in [-0.2, 0) is 24.3 Å². The summed E-state index contributed by atoms with van der Waals surface area (Å²) in [6, 6.07) is 0.282. The van der Waals surface area contributed by atoms with Crippen LogP contribution >= 0.6 is 15.9 Å². The van der Waals surface area contributed by atoms with Crippen LogP contribution in [0.3, 0.4) is 0 Å². The Kier molecular flexibility index (Phi) is 5.75. The van der Waals surface area contributed by atoms with Crippen molar-refractivity contribution in [1.82, 2.24) is 25.4 Å². The molecular weight excluding hydrogens is 336 g/mol. The molecule has 1 aliphatic rings. The Morgan fingerprint density at radius 1 is 1.62 bits per heavy atom. The van der Waals surface area contributed by atoms with Gasteiger partial charge < -0.3 is 15.4 Å². The van der Waals surface area contributed by atoms with E-state index in [1.165, 1.54) is 0 Å². The molecule has 0 spiro atoms. The lowest BCUT2D eigenvalue weighted by Gasteiger charge is -2.25. The van der Waals surface area contributed by atoms with Crippen molar-refractivity contribution in [2.45, 2.75) is 32.0 Å². The van der Waals surface area contributed by atoms with Gasteiger partial charge in [0.05, 0.1) is 6.54 Å². The summed E-state index contributed by atoms with van der Waals surface area (Å²) in [7, 11) is 3.41. The second kappa shape index (κ2) is 7.56. The summed E-state index contributed by atoms with van der Waals surface area (Å²) in [6.45, 7) is 5.67. The summed E-state index contributed by atoms with van der Waals surface area (Å²) < 4.78 is 7.91. The molecule has 0 aromatic carbocycles. The molecule has 116 valence electrons. The number of fused-ring (bicyclic) bond motifs is 1. The Hall–Kier alpha value is -1.41. The van der Waals surface area contributed by atoms with E-state index >= 15 is 0 Å². The molecule has 1 aliphatic heterocycles. The summed E-state index contributed by atoms with van der Waals surface area (Å²) in [5.74, 6) is 2.53. The Bertz CT molecular complexity index is 527. The molecule has 7 nitrogen and oxygen atoms in total. The Morgan fingerprint density at radius 2 is 2.43 bits per heavy atom. The number of nitrogens with zero attached hydrogens (tertiary/aromatic N) is 4. The van der Waals surface area contributed by atoms with E-state index in [1.54, 1.807) is 14.2 Å². The van der Waals surface area contributed by atoms with Gasteiger partial charge in [-0.3, -0.25) is 4.99 Å². The molecule has 1 aromatic heterocycles. The van der Waals surface area contributed by atoms with E-state index in [0.717, 1.165) is 41.5 Å². The van der Waals surface area contributed by atoms with Crippen LogP contribution in [0.5, 0.6) is 0 Å². The second-order valence-electron chi connectivity index (χ2n) is 4.88. The molecule has 1 aromatic rings. The third-order valence-corrected chi connectivity index (χ3v) is 3.47. The van der Waals surface area contributed by atoms with Gasteiger partial charge in [-0.1, -0.05) is 22.5 Å². The Labute approximate surface area is 133 Å². The third-order valence-electron chi connectivity index (χ3n) is 3.19. The molecular formula is C13H21BrN6O. The van der Waals surface area contributed by atoms with Crippen LogP contribution in [0.4, 0.5) is 0 Å². The molecule has 0 radical (unpaired) electrons. The average Bonchev–Trinajstić information content (AvgIpc) is 2.85. The van der Waals surface area contributed by atoms with Crippen molar-refractivity contribution >= 4 is 21.9 Å². The van der Waals surface area contributed by atoms with Crippen molar-refractivity contribution in [3.63, 3.8) is 0 Å². The number of aliphatic imine (C=N–C) groups is 1. The quantitative estimate of drug-likeness (QED) is 0.603. The zero-order valence-electron chi connectivity index (χ0n) is 12.4. The summed E-state index contributed by atoms with van der Waals surface area (Å²) in [4.78, 5) is 8.68. The number of hydrogen-bond acceptors (Lipinski definition) is 4. The standard InChI is InChI=1S/C13H21BrN6O/c1-9(14)6-16-13(15-2)17-10-4-5-12-18-11(8-21-3)19-20(12)7-10/h10H,1,4-8H2,2-3H3,(H2,15,16,17). The average molecular weight is 357 g/mol. The fourth-order valence-corrected chi connectivity index (χ4v) is 2.38. The number of rotatable bonds is 5. The maximum atomic E-state index is 5.07. The van der Waals surface area contributed by atoms with E-state index < -0.39 is 0 Å². The van der Waals surface area contributed by atoms with Crippen molar-refractivity contribution in [1.29, 1.82) is 0 Å². The molecule has 0 saturated heterocycles.